The second kappa shape index (κ2) is 7.97. The van der Waals surface area contributed by atoms with E-state index in [1.54, 1.807) is 6.07 Å². The smallest absolute Gasteiger partial charge is 0.410 e. The summed E-state index contributed by atoms with van der Waals surface area (Å²) in [5.74, 6) is -1.14. The van der Waals surface area contributed by atoms with Crippen molar-refractivity contribution in [1.29, 1.82) is 0 Å². The largest absolute Gasteiger partial charge is 0.445 e. The maximum atomic E-state index is 13.7. The van der Waals surface area contributed by atoms with Crippen molar-refractivity contribution >= 4 is 17.7 Å². The van der Waals surface area contributed by atoms with E-state index in [1.807, 2.05) is 30.3 Å². The van der Waals surface area contributed by atoms with Crippen LogP contribution >= 0.6 is 0 Å². The van der Waals surface area contributed by atoms with Crippen LogP contribution in [0.1, 0.15) is 12.0 Å². The Labute approximate surface area is 150 Å². The average molecular weight is 358 g/mol. The highest BCUT2D eigenvalue weighted by atomic mass is 19.1. The molecule has 1 heterocycles. The zero-order valence-corrected chi connectivity index (χ0v) is 14.0. The average Bonchev–Trinajstić information content (AvgIpc) is 3.04. The Balaban J connectivity index is 1.65. The zero-order chi connectivity index (χ0) is 18.5. The predicted octanol–water partition coefficient (Wildman–Crippen LogP) is 2.54. The van der Waals surface area contributed by atoms with Crippen molar-refractivity contribution in [3.63, 3.8) is 0 Å². The number of aliphatic hydroxyl groups is 1. The monoisotopic (exact) mass is 358 g/mol. The Morgan fingerprint density at radius 1 is 1.15 bits per heavy atom. The summed E-state index contributed by atoms with van der Waals surface area (Å²) in [5, 5.41) is 12.3. The van der Waals surface area contributed by atoms with Gasteiger partial charge in [-0.05, 0) is 17.7 Å². The first-order valence-corrected chi connectivity index (χ1v) is 8.25. The number of halogens is 1. The van der Waals surface area contributed by atoms with Crippen LogP contribution in [0.5, 0.6) is 0 Å². The Hall–Kier alpha value is -2.93. The molecular weight excluding hydrogens is 339 g/mol. The zero-order valence-electron chi connectivity index (χ0n) is 14.0. The number of β-amino-alcohol motifs (C(OH)–C–C–N with tert-alkyl or cyclic N) is 1. The third kappa shape index (κ3) is 4.18. The minimum Gasteiger partial charge on any atom is -0.445 e. The van der Waals surface area contributed by atoms with E-state index in [4.69, 9.17) is 4.74 Å². The molecule has 2 N–H and O–H groups in total. The first-order valence-electron chi connectivity index (χ1n) is 8.25. The minimum atomic E-state index is -0.923. The molecule has 0 aliphatic carbocycles. The lowest BCUT2D eigenvalue weighted by Crippen LogP contribution is -2.43. The van der Waals surface area contributed by atoms with E-state index in [1.165, 1.54) is 23.1 Å². The molecule has 136 valence electrons. The van der Waals surface area contributed by atoms with Gasteiger partial charge in [-0.3, -0.25) is 9.69 Å². The number of likely N-dealkylation sites (tertiary alicyclic amines) is 1. The predicted molar refractivity (Wildman–Crippen MR) is 92.8 cm³/mol. The topological polar surface area (TPSA) is 78.9 Å². The number of aliphatic hydroxyl groups excluding tert-OH is 1. The lowest BCUT2D eigenvalue weighted by Gasteiger charge is -2.23. The molecule has 0 aromatic heterocycles. The molecule has 6 nitrogen and oxygen atoms in total. The molecule has 26 heavy (non-hydrogen) atoms. The van der Waals surface area contributed by atoms with Crippen molar-refractivity contribution in [3.8, 4) is 0 Å². The SMILES string of the molecule is O=C(Nc1ccccc1F)C1CC(O)CN1C(=O)OCc1ccccc1. The lowest BCUT2D eigenvalue weighted by atomic mass is 10.2. The molecule has 3 rings (SSSR count). The van der Waals surface area contributed by atoms with Gasteiger partial charge in [0.1, 0.15) is 18.5 Å². The van der Waals surface area contributed by atoms with Crippen LogP contribution in [0.4, 0.5) is 14.9 Å². The van der Waals surface area contributed by atoms with Crippen molar-refractivity contribution < 1.29 is 23.8 Å². The Kier molecular flexibility index (Phi) is 5.48. The third-order valence-corrected chi connectivity index (χ3v) is 4.15. The van der Waals surface area contributed by atoms with Crippen LogP contribution in [-0.2, 0) is 16.1 Å². The summed E-state index contributed by atoms with van der Waals surface area (Å²) in [4.78, 5) is 26.0. The van der Waals surface area contributed by atoms with E-state index in [-0.39, 0.29) is 25.3 Å². The van der Waals surface area contributed by atoms with E-state index in [0.717, 1.165) is 5.56 Å². The fourth-order valence-electron chi connectivity index (χ4n) is 2.84. The van der Waals surface area contributed by atoms with E-state index in [9.17, 15) is 19.1 Å². The van der Waals surface area contributed by atoms with Crippen LogP contribution in [0.15, 0.2) is 54.6 Å². The molecule has 1 aliphatic rings. The summed E-state index contributed by atoms with van der Waals surface area (Å²) in [6, 6.07) is 14.0. The van der Waals surface area contributed by atoms with Gasteiger partial charge in [0, 0.05) is 6.42 Å². The molecule has 0 saturated carbocycles. The van der Waals surface area contributed by atoms with Gasteiger partial charge in [0.15, 0.2) is 0 Å². The number of amides is 2. The molecule has 2 unspecified atom stereocenters. The maximum absolute atomic E-state index is 13.7. The van der Waals surface area contributed by atoms with E-state index >= 15 is 0 Å². The number of carbonyl (C=O) groups excluding carboxylic acids is 2. The van der Waals surface area contributed by atoms with Gasteiger partial charge in [-0.1, -0.05) is 42.5 Å². The molecule has 2 atom stereocenters. The Morgan fingerprint density at radius 2 is 1.85 bits per heavy atom. The van der Waals surface area contributed by atoms with Crippen LogP contribution in [0.3, 0.4) is 0 Å². The summed E-state index contributed by atoms with van der Waals surface area (Å²) in [6.07, 6.45) is -1.46. The van der Waals surface area contributed by atoms with Crippen LogP contribution in [-0.4, -0.2) is 40.7 Å². The second-order valence-corrected chi connectivity index (χ2v) is 6.07. The number of nitrogens with one attached hydrogen (secondary N) is 1. The van der Waals surface area contributed by atoms with E-state index in [2.05, 4.69) is 5.32 Å². The van der Waals surface area contributed by atoms with Gasteiger partial charge < -0.3 is 15.2 Å². The van der Waals surface area contributed by atoms with Gasteiger partial charge in [-0.2, -0.15) is 0 Å². The number of ether oxygens (including phenoxy) is 1. The van der Waals surface area contributed by atoms with Crippen molar-refractivity contribution in [2.75, 3.05) is 11.9 Å². The van der Waals surface area contributed by atoms with Gasteiger partial charge >= 0.3 is 6.09 Å². The molecule has 0 radical (unpaired) electrons. The van der Waals surface area contributed by atoms with Gasteiger partial charge in [0.25, 0.3) is 0 Å². The second-order valence-electron chi connectivity index (χ2n) is 6.07. The lowest BCUT2D eigenvalue weighted by molar-refractivity contribution is -0.120. The van der Waals surface area contributed by atoms with Gasteiger partial charge in [0.05, 0.1) is 18.3 Å². The number of anilines is 1. The number of hydrogen-bond acceptors (Lipinski definition) is 4. The van der Waals surface area contributed by atoms with Crippen LogP contribution in [0.2, 0.25) is 0 Å². The number of hydrogen-bond donors (Lipinski definition) is 2. The number of benzene rings is 2. The third-order valence-electron chi connectivity index (χ3n) is 4.15. The highest BCUT2D eigenvalue weighted by Crippen LogP contribution is 2.22. The molecule has 0 spiro atoms. The summed E-state index contributed by atoms with van der Waals surface area (Å²) in [6.45, 7) is 0.0525. The van der Waals surface area contributed by atoms with E-state index < -0.39 is 30.0 Å². The van der Waals surface area contributed by atoms with Crippen LogP contribution in [0.25, 0.3) is 0 Å². The number of para-hydroxylation sites is 1. The van der Waals surface area contributed by atoms with Crippen molar-refractivity contribution in [1.82, 2.24) is 4.90 Å². The number of carbonyl (C=O) groups is 2. The first kappa shape index (κ1) is 17.9. The molecular formula is C19H19FN2O4. The van der Waals surface area contributed by atoms with Gasteiger partial charge in [0.2, 0.25) is 5.91 Å². The fourth-order valence-corrected chi connectivity index (χ4v) is 2.84. The first-order chi connectivity index (χ1) is 12.5. The molecule has 2 aromatic carbocycles. The van der Waals surface area contributed by atoms with Crippen molar-refractivity contribution in [3.05, 3.63) is 66.0 Å². The van der Waals surface area contributed by atoms with Crippen LogP contribution < -0.4 is 5.32 Å². The number of nitrogens with zero attached hydrogens (tertiary/aromatic N) is 1. The summed E-state index contributed by atoms with van der Waals surface area (Å²) < 4.78 is 18.9. The molecule has 1 fully saturated rings. The quantitative estimate of drug-likeness (QED) is 0.880. The van der Waals surface area contributed by atoms with Gasteiger partial charge in [-0.25, -0.2) is 9.18 Å². The normalized spacial score (nSPS) is 19.2. The Bertz CT molecular complexity index is 784. The maximum Gasteiger partial charge on any atom is 0.410 e. The highest BCUT2D eigenvalue weighted by Gasteiger charge is 2.40. The Morgan fingerprint density at radius 3 is 2.58 bits per heavy atom. The van der Waals surface area contributed by atoms with Gasteiger partial charge in [-0.15, -0.1) is 0 Å². The van der Waals surface area contributed by atoms with Crippen molar-refractivity contribution in [2.24, 2.45) is 0 Å². The summed E-state index contributed by atoms with van der Waals surface area (Å²) in [5.41, 5.74) is 0.837. The minimum absolute atomic E-state index is 0.0109. The molecule has 2 aromatic rings. The summed E-state index contributed by atoms with van der Waals surface area (Å²) in [7, 11) is 0. The molecule has 7 heteroatoms. The molecule has 0 bridgehead atoms. The fraction of sp³-hybridized carbons (Fsp3) is 0.263. The van der Waals surface area contributed by atoms with E-state index in [0.29, 0.717) is 0 Å². The molecule has 1 aliphatic heterocycles. The molecule has 2 amide bonds. The number of rotatable bonds is 4. The highest BCUT2D eigenvalue weighted by molar-refractivity contribution is 5.97. The standard InChI is InChI=1S/C19H19FN2O4/c20-15-8-4-5-9-16(15)21-18(24)17-10-14(23)11-22(17)19(25)26-12-13-6-2-1-3-7-13/h1-9,14,17,23H,10-12H2,(H,21,24). The molecule has 1 saturated heterocycles. The van der Waals surface area contributed by atoms with Crippen LogP contribution in [0, 0.1) is 5.82 Å². The van der Waals surface area contributed by atoms with Crippen molar-refractivity contribution in [2.45, 2.75) is 25.2 Å². The summed E-state index contributed by atoms with van der Waals surface area (Å²) >= 11 is 0.